The molecular weight excluding hydrogens is 484 g/mol. The fourth-order valence-electron chi connectivity index (χ4n) is 2.54. The van der Waals surface area contributed by atoms with Crippen molar-refractivity contribution in [2.75, 3.05) is 5.75 Å². The zero-order valence-corrected chi connectivity index (χ0v) is 19.2. The molecule has 154 valence electrons. The fraction of sp³-hybridized carbons (Fsp3) is 0.130. The van der Waals surface area contributed by atoms with Crippen LogP contribution in [0.15, 0.2) is 82.4 Å². The van der Waals surface area contributed by atoms with Gasteiger partial charge in [-0.15, -0.1) is 11.8 Å². The minimum absolute atomic E-state index is 0.132. The van der Waals surface area contributed by atoms with E-state index < -0.39 is 0 Å². The predicted molar refractivity (Wildman–Crippen MR) is 128 cm³/mol. The van der Waals surface area contributed by atoms with Crippen molar-refractivity contribution in [1.29, 1.82) is 0 Å². The van der Waals surface area contributed by atoms with Gasteiger partial charge >= 0.3 is 0 Å². The summed E-state index contributed by atoms with van der Waals surface area (Å²) in [7, 11) is 0. The topological polar surface area (TPSA) is 50.7 Å². The number of rotatable bonds is 9. The lowest BCUT2D eigenvalue weighted by Gasteiger charge is -2.06. The highest BCUT2D eigenvalue weighted by Gasteiger charge is 2.02. The molecule has 7 heteroatoms. The van der Waals surface area contributed by atoms with E-state index in [1.807, 2.05) is 72.8 Å². The Morgan fingerprint density at radius 2 is 1.83 bits per heavy atom. The third-order valence-corrected chi connectivity index (χ3v) is 5.70. The monoisotopic (exact) mass is 502 g/mol. The van der Waals surface area contributed by atoms with Crippen LogP contribution in [-0.2, 0) is 17.2 Å². The van der Waals surface area contributed by atoms with Gasteiger partial charge in [0, 0.05) is 15.2 Å². The second kappa shape index (κ2) is 11.8. The number of nitrogens with one attached hydrogen (secondary N) is 1. The van der Waals surface area contributed by atoms with E-state index >= 15 is 0 Å². The van der Waals surface area contributed by atoms with Gasteiger partial charge in [-0.2, -0.15) is 5.10 Å². The van der Waals surface area contributed by atoms with Crippen LogP contribution in [-0.4, -0.2) is 17.9 Å². The molecule has 0 saturated heterocycles. The van der Waals surface area contributed by atoms with Crippen molar-refractivity contribution in [3.63, 3.8) is 0 Å². The van der Waals surface area contributed by atoms with Crippen LogP contribution in [0.2, 0.25) is 5.02 Å². The van der Waals surface area contributed by atoms with E-state index in [0.29, 0.717) is 17.4 Å². The van der Waals surface area contributed by atoms with E-state index in [1.54, 1.807) is 18.0 Å². The number of amides is 1. The average molecular weight is 504 g/mol. The van der Waals surface area contributed by atoms with Crippen LogP contribution in [0.5, 0.6) is 5.75 Å². The molecular formula is C23H20BrClN2O2S. The molecule has 0 spiro atoms. The molecule has 0 aliphatic carbocycles. The molecule has 0 atom stereocenters. The lowest BCUT2D eigenvalue weighted by atomic mass is 10.2. The first-order valence-electron chi connectivity index (χ1n) is 9.20. The van der Waals surface area contributed by atoms with Gasteiger partial charge in [0.15, 0.2) is 0 Å². The first kappa shape index (κ1) is 22.4. The molecule has 30 heavy (non-hydrogen) atoms. The summed E-state index contributed by atoms with van der Waals surface area (Å²) in [5, 5.41) is 4.70. The fourth-order valence-corrected chi connectivity index (χ4v) is 3.97. The lowest BCUT2D eigenvalue weighted by molar-refractivity contribution is -0.118. The molecule has 0 heterocycles. The van der Waals surface area contributed by atoms with Gasteiger partial charge in [0.1, 0.15) is 12.4 Å². The van der Waals surface area contributed by atoms with Crippen LogP contribution in [0, 0.1) is 0 Å². The SMILES string of the molecule is O=C(CSCc1cccc(Br)c1)N/N=C\c1ccc(OCc2cccc(Cl)c2)cc1. The molecule has 0 radical (unpaired) electrons. The summed E-state index contributed by atoms with van der Waals surface area (Å²) in [5.41, 5.74) is 5.60. The Bertz CT molecular complexity index is 1010. The Morgan fingerprint density at radius 1 is 1.07 bits per heavy atom. The van der Waals surface area contributed by atoms with Crippen molar-refractivity contribution in [3.05, 3.63) is 99.0 Å². The van der Waals surface area contributed by atoms with Crippen LogP contribution < -0.4 is 10.2 Å². The largest absolute Gasteiger partial charge is 0.489 e. The molecule has 3 rings (SSSR count). The van der Waals surface area contributed by atoms with Crippen molar-refractivity contribution in [3.8, 4) is 5.75 Å². The summed E-state index contributed by atoms with van der Waals surface area (Å²) in [6.45, 7) is 0.446. The van der Waals surface area contributed by atoms with E-state index in [9.17, 15) is 4.79 Å². The van der Waals surface area contributed by atoms with Crippen LogP contribution in [0.3, 0.4) is 0 Å². The number of ether oxygens (including phenoxy) is 1. The van der Waals surface area contributed by atoms with Crippen LogP contribution in [0.4, 0.5) is 0 Å². The number of benzene rings is 3. The van der Waals surface area contributed by atoms with Gasteiger partial charge in [-0.05, 0) is 65.2 Å². The minimum atomic E-state index is -0.132. The Morgan fingerprint density at radius 3 is 2.60 bits per heavy atom. The summed E-state index contributed by atoms with van der Waals surface area (Å²) in [4.78, 5) is 11.9. The number of hydrogen-bond acceptors (Lipinski definition) is 4. The standard InChI is InChI=1S/C23H20BrClN2O2S/c24-20-5-1-4-19(11-20)15-30-16-23(28)27-26-13-17-7-9-22(10-8-17)29-14-18-3-2-6-21(25)12-18/h1-13H,14-16H2,(H,27,28)/b26-13-. The van der Waals surface area contributed by atoms with Crippen LogP contribution >= 0.6 is 39.3 Å². The zero-order valence-electron chi connectivity index (χ0n) is 16.1. The Hall–Kier alpha value is -2.28. The maximum Gasteiger partial charge on any atom is 0.250 e. The molecule has 0 fully saturated rings. The maximum atomic E-state index is 11.9. The van der Waals surface area contributed by atoms with Crippen molar-refractivity contribution in [1.82, 2.24) is 5.43 Å². The van der Waals surface area contributed by atoms with Gasteiger partial charge < -0.3 is 4.74 Å². The zero-order chi connectivity index (χ0) is 21.2. The number of thioether (sulfide) groups is 1. The number of carbonyl (C=O) groups is 1. The van der Waals surface area contributed by atoms with Crippen molar-refractivity contribution in [2.45, 2.75) is 12.4 Å². The molecule has 0 aliphatic rings. The van der Waals surface area contributed by atoms with Gasteiger partial charge in [-0.1, -0.05) is 51.8 Å². The number of nitrogens with zero attached hydrogens (tertiary/aromatic N) is 1. The third-order valence-electron chi connectivity index (χ3n) is 3.97. The van der Waals surface area contributed by atoms with E-state index in [2.05, 4.69) is 26.5 Å². The molecule has 0 aliphatic heterocycles. The smallest absolute Gasteiger partial charge is 0.250 e. The number of hydrazone groups is 1. The summed E-state index contributed by atoms with van der Waals surface area (Å²) in [6.07, 6.45) is 1.61. The van der Waals surface area contributed by atoms with E-state index in [-0.39, 0.29) is 5.91 Å². The molecule has 0 bridgehead atoms. The molecule has 4 nitrogen and oxygen atoms in total. The van der Waals surface area contributed by atoms with Gasteiger partial charge in [0.25, 0.3) is 0 Å². The normalized spacial score (nSPS) is 10.9. The van der Waals surface area contributed by atoms with E-state index in [1.165, 1.54) is 5.56 Å². The summed E-state index contributed by atoms with van der Waals surface area (Å²) in [5.74, 6) is 1.74. The summed E-state index contributed by atoms with van der Waals surface area (Å²) < 4.78 is 6.79. The molecule has 1 N–H and O–H groups in total. The second-order valence-electron chi connectivity index (χ2n) is 6.40. The predicted octanol–water partition coefficient (Wildman–Crippen LogP) is 6.07. The van der Waals surface area contributed by atoms with Gasteiger partial charge in [0.2, 0.25) is 5.91 Å². The minimum Gasteiger partial charge on any atom is -0.489 e. The first-order valence-corrected chi connectivity index (χ1v) is 11.5. The van der Waals surface area contributed by atoms with Gasteiger partial charge in [-0.25, -0.2) is 5.43 Å². The molecule has 0 saturated carbocycles. The first-order chi connectivity index (χ1) is 14.6. The quantitative estimate of drug-likeness (QED) is 0.285. The second-order valence-corrected chi connectivity index (χ2v) is 8.74. The van der Waals surface area contributed by atoms with Crippen molar-refractivity contribution < 1.29 is 9.53 Å². The molecule has 3 aromatic rings. The van der Waals surface area contributed by atoms with Gasteiger partial charge in [0.05, 0.1) is 12.0 Å². The molecule has 0 unspecified atom stereocenters. The molecule has 1 amide bonds. The van der Waals surface area contributed by atoms with E-state index in [0.717, 1.165) is 27.1 Å². The highest BCUT2D eigenvalue weighted by atomic mass is 79.9. The maximum absolute atomic E-state index is 11.9. The number of hydrogen-bond donors (Lipinski definition) is 1. The Labute approximate surface area is 193 Å². The molecule has 3 aromatic carbocycles. The van der Waals surface area contributed by atoms with Gasteiger partial charge in [-0.3, -0.25) is 4.79 Å². The highest BCUT2D eigenvalue weighted by Crippen LogP contribution is 2.17. The number of carbonyl (C=O) groups excluding carboxylic acids is 1. The Balaban J connectivity index is 1.38. The van der Waals surface area contributed by atoms with Crippen LogP contribution in [0.25, 0.3) is 0 Å². The van der Waals surface area contributed by atoms with E-state index in [4.69, 9.17) is 16.3 Å². The third kappa shape index (κ3) is 7.86. The van der Waals surface area contributed by atoms with Crippen LogP contribution in [0.1, 0.15) is 16.7 Å². The van der Waals surface area contributed by atoms with Crippen molar-refractivity contribution in [2.24, 2.45) is 5.10 Å². The Kier molecular flexibility index (Phi) is 8.81. The lowest BCUT2D eigenvalue weighted by Crippen LogP contribution is -2.19. The summed E-state index contributed by atoms with van der Waals surface area (Å²) >= 11 is 11.0. The summed E-state index contributed by atoms with van der Waals surface area (Å²) in [6, 6.07) is 23.1. The van der Waals surface area contributed by atoms with Crippen molar-refractivity contribution >= 4 is 51.4 Å². The number of halogens is 2. The highest BCUT2D eigenvalue weighted by molar-refractivity contribution is 9.10. The molecule has 0 aromatic heterocycles. The average Bonchev–Trinajstić information content (AvgIpc) is 2.73.